The summed E-state index contributed by atoms with van der Waals surface area (Å²) in [6, 6.07) is 10.2. The third kappa shape index (κ3) is 2.63. The van der Waals surface area contributed by atoms with E-state index in [1.165, 1.54) is 25.7 Å². The molecule has 0 saturated heterocycles. The average molecular weight is 267 g/mol. The molecule has 0 spiro atoms. The number of rotatable bonds is 4. The lowest BCUT2D eigenvalue weighted by Crippen LogP contribution is -2.44. The molecule has 0 aliphatic heterocycles. The molecule has 0 amide bonds. The minimum atomic E-state index is 0.495. The van der Waals surface area contributed by atoms with Crippen LogP contribution in [-0.4, -0.2) is 12.1 Å². The van der Waals surface area contributed by atoms with Crippen LogP contribution in [-0.2, 0) is 12.8 Å². The summed E-state index contributed by atoms with van der Waals surface area (Å²) in [7, 11) is 0. The van der Waals surface area contributed by atoms with E-state index in [1.807, 2.05) is 0 Å². The zero-order valence-electron chi connectivity index (χ0n) is 12.4. The molecule has 0 radical (unpaired) electrons. The van der Waals surface area contributed by atoms with E-state index < -0.39 is 0 Å². The van der Waals surface area contributed by atoms with E-state index in [1.54, 1.807) is 11.1 Å². The number of nitrogens with one attached hydrogen (secondary N) is 1. The summed E-state index contributed by atoms with van der Waals surface area (Å²) in [4.78, 5) is 0. The second-order valence-corrected chi connectivity index (χ2v) is 6.48. The zero-order chi connectivity index (χ0) is 13.9. The van der Waals surface area contributed by atoms with Crippen molar-refractivity contribution in [2.45, 2.75) is 57.5 Å². The first-order chi connectivity index (χ1) is 9.81. The molecule has 106 valence electrons. The highest BCUT2D eigenvalue weighted by atomic mass is 15.0. The first-order valence-electron chi connectivity index (χ1n) is 8.08. The molecular formula is C19H25N. The molecule has 2 aliphatic rings. The summed E-state index contributed by atoms with van der Waals surface area (Å²) < 4.78 is 0. The monoisotopic (exact) mass is 267 g/mol. The first-order valence-corrected chi connectivity index (χ1v) is 8.08. The molecule has 1 heteroatoms. The van der Waals surface area contributed by atoms with Gasteiger partial charge in [0.1, 0.15) is 0 Å². The van der Waals surface area contributed by atoms with Gasteiger partial charge in [-0.2, -0.15) is 0 Å². The standard InChI is InChI=1S/C19H25N/c1-3-7-18(4-2)20-19-16-10-11-17(19)13-15-9-6-5-8-14(15)12-16/h1,5-6,8-9,16-20H,4,7,10-13H2,2H3. The SMILES string of the molecule is C#CCC(CC)NC1C2CCC1Cc1ccccc1C2. The molecule has 2 aliphatic carbocycles. The highest BCUT2D eigenvalue weighted by Crippen LogP contribution is 2.40. The van der Waals surface area contributed by atoms with Crippen molar-refractivity contribution in [2.75, 3.05) is 0 Å². The van der Waals surface area contributed by atoms with Gasteiger partial charge in [0, 0.05) is 18.5 Å². The van der Waals surface area contributed by atoms with Crippen molar-refractivity contribution in [3.8, 4) is 12.3 Å². The van der Waals surface area contributed by atoms with Gasteiger partial charge in [0.2, 0.25) is 0 Å². The predicted molar refractivity (Wildman–Crippen MR) is 84.5 cm³/mol. The van der Waals surface area contributed by atoms with E-state index >= 15 is 0 Å². The van der Waals surface area contributed by atoms with Crippen LogP contribution in [0.25, 0.3) is 0 Å². The van der Waals surface area contributed by atoms with Crippen molar-refractivity contribution < 1.29 is 0 Å². The van der Waals surface area contributed by atoms with Crippen LogP contribution in [0, 0.1) is 24.2 Å². The van der Waals surface area contributed by atoms with Crippen LogP contribution in [0.3, 0.4) is 0 Å². The maximum atomic E-state index is 5.50. The smallest absolute Gasteiger partial charge is 0.0240 e. The Kier molecular flexibility index (Phi) is 4.13. The van der Waals surface area contributed by atoms with Crippen LogP contribution in [0.1, 0.15) is 43.7 Å². The molecule has 2 bridgehead atoms. The van der Waals surface area contributed by atoms with Crippen LogP contribution >= 0.6 is 0 Å². The van der Waals surface area contributed by atoms with Gasteiger partial charge in [0.25, 0.3) is 0 Å². The molecule has 3 atom stereocenters. The van der Waals surface area contributed by atoms with Crippen LogP contribution in [0.15, 0.2) is 24.3 Å². The fourth-order valence-corrected chi connectivity index (χ4v) is 4.16. The van der Waals surface area contributed by atoms with E-state index in [-0.39, 0.29) is 0 Å². The van der Waals surface area contributed by atoms with Crippen molar-refractivity contribution in [3.63, 3.8) is 0 Å². The normalized spacial score (nSPS) is 29.3. The Labute approximate surface area is 123 Å². The molecule has 1 fully saturated rings. The maximum Gasteiger partial charge on any atom is 0.0240 e. The van der Waals surface area contributed by atoms with Crippen LogP contribution in [0.2, 0.25) is 0 Å². The van der Waals surface area contributed by atoms with E-state index in [9.17, 15) is 0 Å². The van der Waals surface area contributed by atoms with Crippen molar-refractivity contribution in [1.82, 2.24) is 5.32 Å². The minimum absolute atomic E-state index is 0.495. The van der Waals surface area contributed by atoms with Crippen LogP contribution < -0.4 is 5.32 Å². The molecule has 1 aromatic rings. The van der Waals surface area contributed by atoms with Crippen molar-refractivity contribution in [1.29, 1.82) is 0 Å². The van der Waals surface area contributed by atoms with Gasteiger partial charge in [0.05, 0.1) is 0 Å². The lowest BCUT2D eigenvalue weighted by Gasteiger charge is -2.28. The summed E-state index contributed by atoms with van der Waals surface area (Å²) in [6.45, 7) is 2.24. The second kappa shape index (κ2) is 6.02. The van der Waals surface area contributed by atoms with Gasteiger partial charge >= 0.3 is 0 Å². The number of fused-ring (bicyclic) bond motifs is 3. The topological polar surface area (TPSA) is 12.0 Å². The second-order valence-electron chi connectivity index (χ2n) is 6.48. The molecule has 3 unspecified atom stereocenters. The van der Waals surface area contributed by atoms with Gasteiger partial charge < -0.3 is 5.32 Å². The van der Waals surface area contributed by atoms with Gasteiger partial charge in [-0.05, 0) is 55.1 Å². The number of benzene rings is 1. The lowest BCUT2D eigenvalue weighted by molar-refractivity contribution is 0.302. The molecule has 0 aromatic heterocycles. The molecule has 3 rings (SSSR count). The van der Waals surface area contributed by atoms with E-state index in [0.717, 1.165) is 24.7 Å². The maximum absolute atomic E-state index is 5.50. The third-order valence-electron chi connectivity index (χ3n) is 5.29. The molecule has 1 nitrogen and oxygen atoms in total. The van der Waals surface area contributed by atoms with Gasteiger partial charge in [-0.15, -0.1) is 12.3 Å². The molecule has 1 aromatic carbocycles. The zero-order valence-corrected chi connectivity index (χ0v) is 12.4. The Bertz CT molecular complexity index is 466. The minimum Gasteiger partial charge on any atom is -0.310 e. The average Bonchev–Trinajstić information content (AvgIpc) is 2.73. The number of hydrogen-bond acceptors (Lipinski definition) is 1. The number of hydrogen-bond donors (Lipinski definition) is 1. The Morgan fingerprint density at radius 3 is 2.30 bits per heavy atom. The van der Waals surface area contributed by atoms with Gasteiger partial charge in [-0.3, -0.25) is 0 Å². The highest BCUT2D eigenvalue weighted by molar-refractivity contribution is 5.30. The fraction of sp³-hybridized carbons (Fsp3) is 0.579. The van der Waals surface area contributed by atoms with Crippen LogP contribution in [0.4, 0.5) is 0 Å². The summed E-state index contributed by atoms with van der Waals surface area (Å²) in [5.41, 5.74) is 3.16. The largest absolute Gasteiger partial charge is 0.310 e. The third-order valence-corrected chi connectivity index (χ3v) is 5.29. The Hall–Kier alpha value is -1.26. The summed E-state index contributed by atoms with van der Waals surface area (Å²) in [6.07, 6.45) is 12.7. The molecule has 1 N–H and O–H groups in total. The van der Waals surface area contributed by atoms with Crippen LogP contribution in [0.5, 0.6) is 0 Å². The first kappa shape index (κ1) is 13.7. The molecule has 20 heavy (non-hydrogen) atoms. The summed E-state index contributed by atoms with van der Waals surface area (Å²) in [5, 5.41) is 3.90. The Morgan fingerprint density at radius 2 is 1.80 bits per heavy atom. The van der Waals surface area contributed by atoms with Gasteiger partial charge in [-0.1, -0.05) is 31.2 Å². The van der Waals surface area contributed by atoms with E-state index in [2.05, 4.69) is 42.4 Å². The van der Waals surface area contributed by atoms with Crippen molar-refractivity contribution in [3.05, 3.63) is 35.4 Å². The highest BCUT2D eigenvalue weighted by Gasteiger charge is 2.39. The van der Waals surface area contributed by atoms with Gasteiger partial charge in [0.15, 0.2) is 0 Å². The molecule has 0 heterocycles. The quantitative estimate of drug-likeness (QED) is 0.822. The van der Waals surface area contributed by atoms with E-state index in [0.29, 0.717) is 12.1 Å². The molecular weight excluding hydrogens is 242 g/mol. The van der Waals surface area contributed by atoms with Crippen molar-refractivity contribution in [2.24, 2.45) is 11.8 Å². The summed E-state index contributed by atoms with van der Waals surface area (Å²) >= 11 is 0. The Balaban J connectivity index is 1.77. The van der Waals surface area contributed by atoms with Gasteiger partial charge in [-0.25, -0.2) is 0 Å². The number of terminal acetylenes is 1. The lowest BCUT2D eigenvalue weighted by atomic mass is 9.93. The van der Waals surface area contributed by atoms with Crippen molar-refractivity contribution >= 4 is 0 Å². The summed E-state index contributed by atoms with van der Waals surface area (Å²) in [5.74, 6) is 4.43. The van der Waals surface area contributed by atoms with E-state index in [4.69, 9.17) is 6.42 Å². The predicted octanol–water partition coefficient (Wildman–Crippen LogP) is 3.57. The molecule has 1 saturated carbocycles. The Morgan fingerprint density at radius 1 is 1.20 bits per heavy atom. The fourth-order valence-electron chi connectivity index (χ4n) is 4.16.